The number of hydrogen-bond donors (Lipinski definition) is 0. The number of carbonyl (C=O) groups excluding carboxylic acids is 1. The minimum atomic E-state index is -0.316. The van der Waals surface area contributed by atoms with Crippen LogP contribution in [0.4, 0.5) is 4.39 Å². The number of methoxy groups -OCH3 is 2. The molecule has 0 aliphatic carbocycles. The van der Waals surface area contributed by atoms with E-state index in [-0.39, 0.29) is 11.7 Å². The van der Waals surface area contributed by atoms with Crippen LogP contribution in [0.25, 0.3) is 0 Å². The fraction of sp³-hybridized carbons (Fsp3) is 0.588. The van der Waals surface area contributed by atoms with Gasteiger partial charge in [-0.25, -0.2) is 4.39 Å². The number of likely N-dealkylation sites (tertiary alicyclic amines) is 1. The Morgan fingerprint density at radius 1 is 1.22 bits per heavy atom. The summed E-state index contributed by atoms with van der Waals surface area (Å²) in [5, 5.41) is 0. The Kier molecular flexibility index (Phi) is 6.21. The van der Waals surface area contributed by atoms with E-state index >= 15 is 0 Å². The normalized spacial score (nSPS) is 15.2. The Balaban J connectivity index is 1.94. The Labute approximate surface area is 137 Å². The topological polar surface area (TPSA) is 42.0 Å². The number of carbonyl (C=O) groups is 1. The standard InChI is InChI=1S/C17H25FN2O3/c1-19(8-9-20-7-5-4-6-17(20)21)12-13-10-15(22-2)16(23-3)11-14(13)18/h10-11H,4-9,12H2,1-3H3. The molecule has 0 radical (unpaired) electrons. The number of amides is 1. The molecule has 1 amide bonds. The van der Waals surface area contributed by atoms with Gasteiger partial charge in [0.15, 0.2) is 11.5 Å². The smallest absolute Gasteiger partial charge is 0.222 e. The van der Waals surface area contributed by atoms with Crippen LogP contribution < -0.4 is 9.47 Å². The third-order valence-electron chi connectivity index (χ3n) is 4.17. The molecular weight excluding hydrogens is 299 g/mol. The van der Waals surface area contributed by atoms with Gasteiger partial charge in [-0.2, -0.15) is 0 Å². The molecule has 0 N–H and O–H groups in total. The van der Waals surface area contributed by atoms with E-state index in [0.29, 0.717) is 43.1 Å². The van der Waals surface area contributed by atoms with E-state index in [1.54, 1.807) is 6.07 Å². The molecule has 1 aliphatic rings. The second-order valence-electron chi connectivity index (χ2n) is 5.87. The van der Waals surface area contributed by atoms with Gasteiger partial charge in [0.25, 0.3) is 0 Å². The number of ether oxygens (including phenoxy) is 2. The number of likely N-dealkylation sites (N-methyl/N-ethyl adjacent to an activating group) is 1. The van der Waals surface area contributed by atoms with Crippen LogP contribution in [0.15, 0.2) is 12.1 Å². The van der Waals surface area contributed by atoms with Crippen molar-refractivity contribution in [1.82, 2.24) is 9.80 Å². The third-order valence-corrected chi connectivity index (χ3v) is 4.17. The summed E-state index contributed by atoms with van der Waals surface area (Å²) < 4.78 is 24.5. The summed E-state index contributed by atoms with van der Waals surface area (Å²) in [7, 11) is 4.94. The van der Waals surface area contributed by atoms with Crippen molar-refractivity contribution in [2.45, 2.75) is 25.8 Å². The van der Waals surface area contributed by atoms with Crippen molar-refractivity contribution < 1.29 is 18.7 Å². The minimum absolute atomic E-state index is 0.224. The average molecular weight is 324 g/mol. The molecule has 0 unspecified atom stereocenters. The molecule has 1 aromatic carbocycles. The van der Waals surface area contributed by atoms with E-state index in [4.69, 9.17) is 9.47 Å². The summed E-state index contributed by atoms with van der Waals surface area (Å²) in [5.41, 5.74) is 0.551. The minimum Gasteiger partial charge on any atom is -0.493 e. The summed E-state index contributed by atoms with van der Waals surface area (Å²) >= 11 is 0. The summed E-state index contributed by atoms with van der Waals surface area (Å²) in [6.07, 6.45) is 2.70. The fourth-order valence-corrected chi connectivity index (χ4v) is 2.78. The van der Waals surface area contributed by atoms with Crippen LogP contribution in [0.1, 0.15) is 24.8 Å². The SMILES string of the molecule is COc1cc(F)c(CN(C)CCN2CCCCC2=O)cc1OC. The summed E-state index contributed by atoms with van der Waals surface area (Å²) in [6, 6.07) is 3.01. The molecule has 1 saturated heterocycles. The Morgan fingerprint density at radius 2 is 1.91 bits per heavy atom. The van der Waals surface area contributed by atoms with Gasteiger partial charge in [-0.3, -0.25) is 4.79 Å². The number of halogens is 1. The van der Waals surface area contributed by atoms with Crippen molar-refractivity contribution in [2.75, 3.05) is 40.9 Å². The molecule has 1 aliphatic heterocycles. The van der Waals surface area contributed by atoms with Crippen molar-refractivity contribution in [2.24, 2.45) is 0 Å². The third kappa shape index (κ3) is 4.58. The maximum atomic E-state index is 14.1. The second-order valence-corrected chi connectivity index (χ2v) is 5.87. The molecule has 0 saturated carbocycles. The molecule has 2 rings (SSSR count). The molecule has 0 aromatic heterocycles. The van der Waals surface area contributed by atoms with Crippen molar-refractivity contribution in [3.05, 3.63) is 23.5 Å². The van der Waals surface area contributed by atoms with Gasteiger partial charge in [0, 0.05) is 44.2 Å². The van der Waals surface area contributed by atoms with Gasteiger partial charge in [-0.05, 0) is 26.0 Å². The molecule has 1 fully saturated rings. The first kappa shape index (κ1) is 17.5. The number of nitrogens with zero attached hydrogens (tertiary/aromatic N) is 2. The lowest BCUT2D eigenvalue weighted by Gasteiger charge is -2.29. The monoisotopic (exact) mass is 324 g/mol. The van der Waals surface area contributed by atoms with E-state index in [9.17, 15) is 9.18 Å². The highest BCUT2D eigenvalue weighted by molar-refractivity contribution is 5.76. The zero-order valence-electron chi connectivity index (χ0n) is 14.1. The first-order valence-electron chi connectivity index (χ1n) is 7.92. The van der Waals surface area contributed by atoms with E-state index in [2.05, 4.69) is 0 Å². The van der Waals surface area contributed by atoms with Crippen molar-refractivity contribution in [3.63, 3.8) is 0 Å². The lowest BCUT2D eigenvalue weighted by atomic mass is 10.1. The summed E-state index contributed by atoms with van der Waals surface area (Å²) in [5.74, 6) is 0.810. The van der Waals surface area contributed by atoms with Crippen LogP contribution in [0.2, 0.25) is 0 Å². The van der Waals surface area contributed by atoms with Crippen molar-refractivity contribution >= 4 is 5.91 Å². The number of hydrogen-bond acceptors (Lipinski definition) is 4. The van der Waals surface area contributed by atoms with Gasteiger partial charge in [0.1, 0.15) is 5.82 Å². The molecule has 6 heteroatoms. The highest BCUT2D eigenvalue weighted by Crippen LogP contribution is 2.30. The van der Waals surface area contributed by atoms with Crippen molar-refractivity contribution in [3.8, 4) is 11.5 Å². The fourth-order valence-electron chi connectivity index (χ4n) is 2.78. The molecule has 1 aromatic rings. The molecule has 23 heavy (non-hydrogen) atoms. The van der Waals surface area contributed by atoms with E-state index < -0.39 is 0 Å². The van der Waals surface area contributed by atoms with Crippen LogP contribution in [0.3, 0.4) is 0 Å². The quantitative estimate of drug-likeness (QED) is 0.772. The number of benzene rings is 1. The second kappa shape index (κ2) is 8.15. The van der Waals surface area contributed by atoms with Gasteiger partial charge in [-0.15, -0.1) is 0 Å². The summed E-state index contributed by atoms with van der Waals surface area (Å²) in [6.45, 7) is 2.68. The van der Waals surface area contributed by atoms with Crippen LogP contribution >= 0.6 is 0 Å². The Morgan fingerprint density at radius 3 is 2.57 bits per heavy atom. The molecule has 0 spiro atoms. The first-order valence-corrected chi connectivity index (χ1v) is 7.92. The molecule has 0 bridgehead atoms. The van der Waals surface area contributed by atoms with Gasteiger partial charge in [-0.1, -0.05) is 0 Å². The van der Waals surface area contributed by atoms with Crippen LogP contribution in [0, 0.1) is 5.82 Å². The zero-order chi connectivity index (χ0) is 16.8. The Bertz CT molecular complexity index is 551. The molecule has 128 valence electrons. The molecule has 5 nitrogen and oxygen atoms in total. The van der Waals surface area contributed by atoms with Crippen LogP contribution in [-0.2, 0) is 11.3 Å². The van der Waals surface area contributed by atoms with Gasteiger partial charge >= 0.3 is 0 Å². The predicted octanol–water partition coefficient (Wildman–Crippen LogP) is 2.29. The maximum Gasteiger partial charge on any atom is 0.222 e. The van der Waals surface area contributed by atoms with Gasteiger partial charge in [0.2, 0.25) is 5.91 Å². The van der Waals surface area contributed by atoms with Crippen LogP contribution in [0.5, 0.6) is 11.5 Å². The molecule has 0 atom stereocenters. The molecular formula is C17H25FN2O3. The maximum absolute atomic E-state index is 14.1. The molecule has 1 heterocycles. The Hall–Kier alpha value is -1.82. The van der Waals surface area contributed by atoms with E-state index in [0.717, 1.165) is 19.4 Å². The first-order chi connectivity index (χ1) is 11.0. The lowest BCUT2D eigenvalue weighted by Crippen LogP contribution is -2.40. The van der Waals surface area contributed by atoms with Gasteiger partial charge in [0.05, 0.1) is 14.2 Å². The highest BCUT2D eigenvalue weighted by atomic mass is 19.1. The van der Waals surface area contributed by atoms with Crippen molar-refractivity contribution in [1.29, 1.82) is 0 Å². The predicted molar refractivity (Wildman–Crippen MR) is 86.3 cm³/mol. The zero-order valence-corrected chi connectivity index (χ0v) is 14.1. The average Bonchev–Trinajstić information content (AvgIpc) is 2.55. The number of rotatable bonds is 7. The van der Waals surface area contributed by atoms with Crippen LogP contribution in [-0.4, -0.2) is 56.6 Å². The largest absolute Gasteiger partial charge is 0.493 e. The van der Waals surface area contributed by atoms with E-state index in [1.165, 1.54) is 20.3 Å². The van der Waals surface area contributed by atoms with E-state index in [1.807, 2.05) is 16.8 Å². The lowest BCUT2D eigenvalue weighted by molar-refractivity contribution is -0.133. The summed E-state index contributed by atoms with van der Waals surface area (Å²) in [4.78, 5) is 15.7. The highest BCUT2D eigenvalue weighted by Gasteiger charge is 2.18. The van der Waals surface area contributed by atoms with Gasteiger partial charge < -0.3 is 19.3 Å². The number of piperidine rings is 1.